The Bertz CT molecular complexity index is 1470. The summed E-state index contributed by atoms with van der Waals surface area (Å²) in [7, 11) is 0. The first-order valence-corrected chi connectivity index (χ1v) is 37.7. The van der Waals surface area contributed by atoms with Crippen molar-refractivity contribution in [3.63, 3.8) is 0 Å². The fourth-order valence-electron chi connectivity index (χ4n) is 10.9. The number of ether oxygens (including phenoxy) is 5. The summed E-state index contributed by atoms with van der Waals surface area (Å²) in [5.41, 5.74) is 0. The van der Waals surface area contributed by atoms with Crippen LogP contribution in [0.5, 0.6) is 0 Å². The average molecular weight is 1220 g/mol. The van der Waals surface area contributed by atoms with Crippen LogP contribution in [0.1, 0.15) is 387 Å². The summed E-state index contributed by atoms with van der Waals surface area (Å²) in [6, 6.07) is 0. The van der Waals surface area contributed by atoms with Gasteiger partial charge in [-0.15, -0.1) is 0 Å². The Kier molecular flexibility index (Phi) is 69.2. The van der Waals surface area contributed by atoms with Gasteiger partial charge in [-0.1, -0.05) is 282 Å². The molecule has 0 aromatic carbocycles. The van der Waals surface area contributed by atoms with Crippen LogP contribution < -0.4 is 0 Å². The second kappa shape index (κ2) is 71.9. The van der Waals surface area contributed by atoms with E-state index in [2.05, 4.69) is 76.3 Å². The van der Waals surface area contributed by atoms with Crippen LogP contribution in [0.4, 0.5) is 0 Å². The molecule has 0 fully saturated rings. The minimum atomic E-state index is -0.825. The second-order valence-corrected chi connectivity index (χ2v) is 25.5. The molecule has 0 aromatic heterocycles. The van der Waals surface area contributed by atoms with Gasteiger partial charge in [0, 0.05) is 25.7 Å². The molecule has 9 heteroatoms. The van der Waals surface area contributed by atoms with Crippen LogP contribution in [-0.4, -0.2) is 62.5 Å². The first kappa shape index (κ1) is 83.8. The normalized spacial score (nSPS) is 12.6. The molecule has 0 spiro atoms. The number of unbranched alkanes of at least 4 members (excludes halogenated alkanes) is 44. The maximum absolute atomic E-state index is 13.2. The van der Waals surface area contributed by atoms with E-state index in [1.807, 2.05) is 0 Å². The summed E-state index contributed by atoms with van der Waals surface area (Å²) in [6.07, 6.45) is 79.6. The van der Waals surface area contributed by atoms with Crippen molar-refractivity contribution in [2.45, 2.75) is 399 Å². The quantitative estimate of drug-likeness (QED) is 0.0254. The van der Waals surface area contributed by atoms with E-state index < -0.39 is 12.2 Å². The molecule has 0 N–H and O–H groups in total. The summed E-state index contributed by atoms with van der Waals surface area (Å²) in [5, 5.41) is 0. The molecule has 2 unspecified atom stereocenters. The van der Waals surface area contributed by atoms with Gasteiger partial charge in [0.2, 0.25) is 0 Å². The molecule has 0 radical (unpaired) electrons. The Labute approximate surface area is 538 Å². The monoisotopic (exact) mass is 1220 g/mol. The molecule has 2 atom stereocenters. The largest absolute Gasteiger partial charge is 0.462 e. The van der Waals surface area contributed by atoms with Gasteiger partial charge in [-0.2, -0.15) is 0 Å². The topological polar surface area (TPSA) is 114 Å². The highest BCUT2D eigenvalue weighted by Gasteiger charge is 2.22. The molecule has 9 nitrogen and oxygen atoms in total. The van der Waals surface area contributed by atoms with Crippen molar-refractivity contribution < 1.29 is 42.9 Å². The molecule has 0 heterocycles. The van der Waals surface area contributed by atoms with Crippen LogP contribution in [-0.2, 0) is 42.9 Å². The Morgan fingerprint density at radius 3 is 0.632 bits per heavy atom. The molecule has 0 aliphatic carbocycles. The highest BCUT2D eigenvalue weighted by molar-refractivity contribution is 5.71. The third kappa shape index (κ3) is 68.6. The molecule has 0 aliphatic heterocycles. The summed E-state index contributed by atoms with van der Waals surface area (Å²) >= 11 is 0. The van der Waals surface area contributed by atoms with Crippen LogP contribution in [0.2, 0.25) is 0 Å². The van der Waals surface area contributed by atoms with Gasteiger partial charge in [0.15, 0.2) is 12.2 Å². The zero-order valence-electron chi connectivity index (χ0n) is 57.9. The number of carbonyl (C=O) groups is 4. The van der Waals surface area contributed by atoms with Crippen molar-refractivity contribution in [1.29, 1.82) is 0 Å². The van der Waals surface area contributed by atoms with Gasteiger partial charge in [0.05, 0.1) is 13.2 Å². The first-order valence-electron chi connectivity index (χ1n) is 37.7. The lowest BCUT2D eigenvalue weighted by Gasteiger charge is -2.21. The molecular formula is C78H142O9. The first-order chi connectivity index (χ1) is 42.9. The van der Waals surface area contributed by atoms with Crippen molar-refractivity contribution in [2.75, 3.05) is 26.4 Å². The van der Waals surface area contributed by atoms with Gasteiger partial charge in [0.25, 0.3) is 0 Å². The van der Waals surface area contributed by atoms with Crippen LogP contribution in [0.3, 0.4) is 0 Å². The third-order valence-electron chi connectivity index (χ3n) is 16.6. The van der Waals surface area contributed by atoms with E-state index in [9.17, 15) is 19.2 Å². The molecule has 0 amide bonds. The Morgan fingerprint density at radius 2 is 0.414 bits per heavy atom. The van der Waals surface area contributed by atoms with Crippen molar-refractivity contribution in [1.82, 2.24) is 0 Å². The number of hydrogen-bond donors (Lipinski definition) is 0. The van der Waals surface area contributed by atoms with E-state index >= 15 is 0 Å². The van der Waals surface area contributed by atoms with E-state index in [0.29, 0.717) is 12.8 Å². The van der Waals surface area contributed by atoms with E-state index in [0.717, 1.165) is 141 Å². The highest BCUT2D eigenvalue weighted by Crippen LogP contribution is 2.17. The Balaban J connectivity index is 5.30. The van der Waals surface area contributed by atoms with Gasteiger partial charge >= 0.3 is 23.9 Å². The highest BCUT2D eigenvalue weighted by atomic mass is 16.6. The molecule has 508 valence electrons. The predicted octanol–water partition coefficient (Wildman–Crippen LogP) is 24.1. The number of carbonyl (C=O) groups excluding carboxylic acids is 4. The van der Waals surface area contributed by atoms with Gasteiger partial charge in [-0.05, 0) is 128 Å². The SMILES string of the molecule is CCCCCCCCC=CCCCCCCCC(=O)OCC(COCC(COC(=O)CCCCCCCC=CCCCCCCCC)OC(=O)CCCCCCCC=CCCCCCCCC)OC(=O)CCCCCCCC=CCCCCCCCC. The van der Waals surface area contributed by atoms with E-state index in [4.69, 9.17) is 23.7 Å². The van der Waals surface area contributed by atoms with Crippen LogP contribution in [0.25, 0.3) is 0 Å². The lowest BCUT2D eigenvalue weighted by molar-refractivity contribution is -0.169. The molecule has 0 saturated heterocycles. The summed E-state index contributed by atoms with van der Waals surface area (Å²) in [5.74, 6) is -1.32. The Morgan fingerprint density at radius 1 is 0.230 bits per heavy atom. The number of allylic oxidation sites excluding steroid dienone is 8. The van der Waals surface area contributed by atoms with E-state index in [1.54, 1.807) is 0 Å². The number of esters is 4. The van der Waals surface area contributed by atoms with Crippen molar-refractivity contribution in [3.8, 4) is 0 Å². The second-order valence-electron chi connectivity index (χ2n) is 25.5. The molecule has 0 saturated carbocycles. The fraction of sp³-hybridized carbons (Fsp3) is 0.846. The fourth-order valence-corrected chi connectivity index (χ4v) is 10.9. The zero-order chi connectivity index (χ0) is 63.1. The minimum absolute atomic E-state index is 0.0516. The maximum atomic E-state index is 13.2. The molecular weight excluding hydrogens is 1080 g/mol. The maximum Gasteiger partial charge on any atom is 0.306 e. The van der Waals surface area contributed by atoms with Gasteiger partial charge in [0.1, 0.15) is 13.2 Å². The summed E-state index contributed by atoms with van der Waals surface area (Å²) in [6.45, 7) is 8.71. The van der Waals surface area contributed by atoms with E-state index in [1.165, 1.54) is 193 Å². The molecule has 87 heavy (non-hydrogen) atoms. The van der Waals surface area contributed by atoms with Crippen molar-refractivity contribution in [2.24, 2.45) is 0 Å². The minimum Gasteiger partial charge on any atom is -0.462 e. The lowest BCUT2D eigenvalue weighted by atomic mass is 10.1. The molecule has 0 aliphatic rings. The standard InChI is InChI=1S/C78H142O9/c1-5-9-13-17-21-25-29-33-37-41-45-49-53-57-61-65-75(79)84-71-73(86-77(81)67-63-59-55-51-47-43-39-35-31-27-23-19-15-11-7-3)69-83-70-74(87-78(82)68-64-60-56-52-48-44-40-36-32-28-24-20-16-12-8-4)72-85-76(80)66-62-58-54-50-46-42-38-34-30-26-22-18-14-10-6-2/h33-40,73-74H,5-32,41-72H2,1-4H3. The number of rotatable bonds is 70. The van der Waals surface area contributed by atoms with Gasteiger partial charge in [-0.3, -0.25) is 19.2 Å². The predicted molar refractivity (Wildman–Crippen MR) is 370 cm³/mol. The third-order valence-corrected chi connectivity index (χ3v) is 16.6. The van der Waals surface area contributed by atoms with Crippen LogP contribution in [0.15, 0.2) is 48.6 Å². The lowest BCUT2D eigenvalue weighted by Crippen LogP contribution is -2.34. The van der Waals surface area contributed by atoms with Gasteiger partial charge in [-0.25, -0.2) is 0 Å². The number of hydrogen-bond acceptors (Lipinski definition) is 9. The smallest absolute Gasteiger partial charge is 0.306 e. The van der Waals surface area contributed by atoms with Crippen LogP contribution >= 0.6 is 0 Å². The van der Waals surface area contributed by atoms with Gasteiger partial charge < -0.3 is 23.7 Å². The average Bonchev–Trinajstić information content (AvgIpc) is 3.61. The zero-order valence-corrected chi connectivity index (χ0v) is 57.9. The van der Waals surface area contributed by atoms with E-state index in [-0.39, 0.29) is 63.1 Å². The van der Waals surface area contributed by atoms with Crippen LogP contribution in [0, 0.1) is 0 Å². The molecule has 0 rings (SSSR count). The summed E-state index contributed by atoms with van der Waals surface area (Å²) < 4.78 is 29.4. The summed E-state index contributed by atoms with van der Waals surface area (Å²) in [4.78, 5) is 52.5. The molecule has 0 aromatic rings. The van der Waals surface area contributed by atoms with Crippen molar-refractivity contribution in [3.05, 3.63) is 48.6 Å². The molecule has 0 bridgehead atoms. The Hall–Kier alpha value is -3.20. The van der Waals surface area contributed by atoms with Crippen molar-refractivity contribution >= 4 is 23.9 Å².